The van der Waals surface area contributed by atoms with E-state index >= 15 is 4.39 Å². The summed E-state index contributed by atoms with van der Waals surface area (Å²) in [5.41, 5.74) is 8.36. The van der Waals surface area contributed by atoms with Crippen molar-refractivity contribution in [3.8, 4) is 11.1 Å². The van der Waals surface area contributed by atoms with Crippen molar-refractivity contribution in [1.82, 2.24) is 19.7 Å². The minimum absolute atomic E-state index is 0.00152. The molecule has 0 aliphatic heterocycles. The number of hydrogen-bond donors (Lipinski definition) is 3. The summed E-state index contributed by atoms with van der Waals surface area (Å²) < 4.78 is 22.4. The Balaban J connectivity index is 1.24. The number of carbonyl (C=O) groups excluding carboxylic acids is 1. The van der Waals surface area contributed by atoms with E-state index in [9.17, 15) is 4.79 Å². The van der Waals surface area contributed by atoms with Gasteiger partial charge in [-0.25, -0.2) is 19.2 Å². The van der Waals surface area contributed by atoms with Gasteiger partial charge in [-0.1, -0.05) is 18.1 Å². The van der Waals surface area contributed by atoms with E-state index in [1.165, 1.54) is 24.9 Å². The molecule has 1 aromatic carbocycles. The van der Waals surface area contributed by atoms with Crippen LogP contribution in [0.4, 0.5) is 26.5 Å². The van der Waals surface area contributed by atoms with Gasteiger partial charge in [0.1, 0.15) is 29.4 Å². The standard InChI is InChI=1S/C24H24FN7O2/c1-24(7-8-24)18-10-19(31-34-18)30-23(33)29-17-6-5-13(9-16(17)25)15-11-32(14-3-2-4-14)22-20(15)21(26)27-12-28-22/h5-6,9-12,14H,2-4,7-8H2,1H3,(H2,26,27,28)(H2,29,30,31,33). The lowest BCUT2D eigenvalue weighted by Crippen LogP contribution is -2.20. The lowest BCUT2D eigenvalue weighted by Gasteiger charge is -2.27. The normalized spacial score (nSPS) is 16.9. The first-order valence-corrected chi connectivity index (χ1v) is 11.4. The number of carbonyl (C=O) groups is 1. The number of nitrogens with zero attached hydrogens (tertiary/aromatic N) is 4. The number of aromatic nitrogens is 4. The van der Waals surface area contributed by atoms with Gasteiger partial charge in [-0.05, 0) is 49.8 Å². The maximum atomic E-state index is 15.0. The number of benzene rings is 1. The smallest absolute Gasteiger partial charge is 0.325 e. The zero-order chi connectivity index (χ0) is 23.4. The number of hydrogen-bond acceptors (Lipinski definition) is 6. The highest BCUT2D eigenvalue weighted by molar-refractivity contribution is 6.02. The van der Waals surface area contributed by atoms with Crippen LogP contribution in [0.3, 0.4) is 0 Å². The first-order chi connectivity index (χ1) is 16.4. The molecule has 34 heavy (non-hydrogen) atoms. The third-order valence-electron chi connectivity index (χ3n) is 6.98. The first kappa shape index (κ1) is 20.6. The second-order valence-corrected chi connectivity index (χ2v) is 9.40. The average molecular weight is 462 g/mol. The Kier molecular flexibility index (Phi) is 4.58. The molecule has 2 saturated carbocycles. The molecular weight excluding hydrogens is 437 g/mol. The van der Waals surface area contributed by atoms with Crippen molar-refractivity contribution < 1.29 is 13.7 Å². The predicted octanol–water partition coefficient (Wildman–Crippen LogP) is 5.23. The molecule has 0 spiro atoms. The predicted molar refractivity (Wildman–Crippen MR) is 126 cm³/mol. The zero-order valence-electron chi connectivity index (χ0n) is 18.6. The number of amides is 2. The van der Waals surface area contributed by atoms with E-state index < -0.39 is 11.8 Å². The van der Waals surface area contributed by atoms with Crippen LogP contribution in [0.2, 0.25) is 0 Å². The van der Waals surface area contributed by atoms with Gasteiger partial charge in [-0.2, -0.15) is 0 Å². The summed E-state index contributed by atoms with van der Waals surface area (Å²) in [5, 5.41) is 9.70. The number of halogens is 1. The molecule has 0 atom stereocenters. The summed E-state index contributed by atoms with van der Waals surface area (Å²) in [6.07, 6.45) is 8.80. The van der Waals surface area contributed by atoms with Crippen LogP contribution in [-0.4, -0.2) is 25.7 Å². The summed E-state index contributed by atoms with van der Waals surface area (Å²) in [5.74, 6) is 0.811. The van der Waals surface area contributed by atoms with E-state index in [1.807, 2.05) is 6.20 Å². The highest BCUT2D eigenvalue weighted by Crippen LogP contribution is 2.48. The van der Waals surface area contributed by atoms with Gasteiger partial charge in [-0.15, -0.1) is 0 Å². The number of nitrogens with two attached hydrogens (primary N) is 1. The van der Waals surface area contributed by atoms with Crippen LogP contribution in [0.5, 0.6) is 0 Å². The van der Waals surface area contributed by atoms with Gasteiger partial charge in [0.2, 0.25) is 0 Å². The number of anilines is 3. The lowest BCUT2D eigenvalue weighted by atomic mass is 9.93. The molecule has 0 saturated heterocycles. The molecule has 4 N–H and O–H groups in total. The van der Waals surface area contributed by atoms with Gasteiger partial charge < -0.3 is 20.1 Å². The quantitative estimate of drug-likeness (QED) is 0.374. The number of rotatable bonds is 5. The second kappa shape index (κ2) is 7.54. The van der Waals surface area contributed by atoms with Crippen molar-refractivity contribution in [2.45, 2.75) is 50.5 Å². The van der Waals surface area contributed by atoms with Crippen LogP contribution in [0.15, 0.2) is 41.3 Å². The Bertz CT molecular complexity index is 1420. The maximum Gasteiger partial charge on any atom is 0.325 e. The van der Waals surface area contributed by atoms with Crippen molar-refractivity contribution in [3.63, 3.8) is 0 Å². The average Bonchev–Trinajstić information content (AvgIpc) is 3.17. The molecule has 0 unspecified atom stereocenters. The Morgan fingerprint density at radius 2 is 2.06 bits per heavy atom. The fourth-order valence-electron chi connectivity index (χ4n) is 4.38. The zero-order valence-corrected chi connectivity index (χ0v) is 18.6. The fourth-order valence-corrected chi connectivity index (χ4v) is 4.38. The molecule has 0 bridgehead atoms. The molecule has 10 heteroatoms. The highest BCUT2D eigenvalue weighted by Gasteiger charge is 2.43. The molecule has 2 fully saturated rings. The van der Waals surface area contributed by atoms with Crippen LogP contribution in [0.1, 0.15) is 50.8 Å². The Morgan fingerprint density at radius 3 is 2.76 bits per heavy atom. The molecule has 4 aromatic rings. The summed E-state index contributed by atoms with van der Waals surface area (Å²) in [6.45, 7) is 2.08. The van der Waals surface area contributed by atoms with Crippen molar-refractivity contribution in [2.75, 3.05) is 16.4 Å². The summed E-state index contributed by atoms with van der Waals surface area (Å²) >= 11 is 0. The minimum Gasteiger partial charge on any atom is -0.383 e. The molecule has 2 amide bonds. The van der Waals surface area contributed by atoms with Crippen molar-refractivity contribution in [1.29, 1.82) is 0 Å². The van der Waals surface area contributed by atoms with Crippen molar-refractivity contribution in [3.05, 3.63) is 48.4 Å². The SMILES string of the molecule is CC1(c2cc(NC(=O)Nc3ccc(-c4cn(C5CCC5)c5ncnc(N)c45)cc3F)no2)CC1. The van der Waals surface area contributed by atoms with E-state index in [0.717, 1.165) is 42.7 Å². The Morgan fingerprint density at radius 1 is 1.24 bits per heavy atom. The van der Waals surface area contributed by atoms with Gasteiger partial charge in [0, 0.05) is 29.3 Å². The number of urea groups is 1. The van der Waals surface area contributed by atoms with Gasteiger partial charge >= 0.3 is 6.03 Å². The van der Waals surface area contributed by atoms with Crippen LogP contribution in [0.25, 0.3) is 22.2 Å². The summed E-state index contributed by atoms with van der Waals surface area (Å²) in [7, 11) is 0. The van der Waals surface area contributed by atoms with Crippen molar-refractivity contribution >= 4 is 34.4 Å². The van der Waals surface area contributed by atoms with E-state index in [4.69, 9.17) is 10.3 Å². The Labute approximate surface area is 194 Å². The molecule has 9 nitrogen and oxygen atoms in total. The number of nitrogen functional groups attached to an aromatic ring is 1. The van der Waals surface area contributed by atoms with Crippen LogP contribution >= 0.6 is 0 Å². The van der Waals surface area contributed by atoms with E-state index in [0.29, 0.717) is 22.8 Å². The summed E-state index contributed by atoms with van der Waals surface area (Å²) in [6, 6.07) is 6.11. The van der Waals surface area contributed by atoms with E-state index in [-0.39, 0.29) is 16.9 Å². The number of fused-ring (bicyclic) bond motifs is 1. The lowest BCUT2D eigenvalue weighted by molar-refractivity contribution is 0.261. The topological polar surface area (TPSA) is 124 Å². The monoisotopic (exact) mass is 461 g/mol. The third-order valence-corrected chi connectivity index (χ3v) is 6.98. The van der Waals surface area contributed by atoms with Gasteiger partial charge in [0.15, 0.2) is 5.82 Å². The maximum absolute atomic E-state index is 15.0. The second-order valence-electron chi connectivity index (χ2n) is 9.40. The molecule has 6 rings (SSSR count). The van der Waals surface area contributed by atoms with Gasteiger partial charge in [-0.3, -0.25) is 5.32 Å². The fraction of sp³-hybridized carbons (Fsp3) is 0.333. The molecule has 2 aliphatic rings. The number of nitrogens with one attached hydrogen (secondary N) is 2. The minimum atomic E-state index is -0.605. The summed E-state index contributed by atoms with van der Waals surface area (Å²) in [4.78, 5) is 21.0. The molecule has 174 valence electrons. The van der Waals surface area contributed by atoms with E-state index in [2.05, 4.69) is 37.2 Å². The van der Waals surface area contributed by atoms with Crippen LogP contribution in [-0.2, 0) is 5.41 Å². The van der Waals surface area contributed by atoms with E-state index in [1.54, 1.807) is 12.1 Å². The molecule has 2 aliphatic carbocycles. The van der Waals surface area contributed by atoms with Gasteiger partial charge in [0.25, 0.3) is 0 Å². The van der Waals surface area contributed by atoms with Crippen LogP contribution < -0.4 is 16.4 Å². The van der Waals surface area contributed by atoms with Gasteiger partial charge in [0.05, 0.1) is 11.1 Å². The molecule has 0 radical (unpaired) electrons. The molecule has 3 aromatic heterocycles. The first-order valence-electron chi connectivity index (χ1n) is 11.4. The molecule has 3 heterocycles. The Hall–Kier alpha value is -3.95. The molecular formula is C24H24FN7O2. The van der Waals surface area contributed by atoms with Crippen LogP contribution in [0, 0.1) is 5.82 Å². The van der Waals surface area contributed by atoms with Crippen molar-refractivity contribution in [2.24, 2.45) is 0 Å². The highest BCUT2D eigenvalue weighted by atomic mass is 19.1. The third kappa shape index (κ3) is 3.46. The largest absolute Gasteiger partial charge is 0.383 e.